The van der Waals surface area contributed by atoms with Gasteiger partial charge in [0.1, 0.15) is 0 Å². The number of rotatable bonds is 5. The number of amides is 2. The van der Waals surface area contributed by atoms with Gasteiger partial charge in [-0.05, 0) is 0 Å². The second kappa shape index (κ2) is 8.66. The van der Waals surface area contributed by atoms with Gasteiger partial charge in [-0.1, -0.05) is 0 Å². The van der Waals surface area contributed by atoms with Crippen LogP contribution in [0.1, 0.15) is 12.8 Å². The smallest absolute Gasteiger partial charge is 0.221 e. The van der Waals surface area contributed by atoms with Crippen molar-refractivity contribution in [1.29, 1.82) is 0 Å². The zero-order valence-electron chi connectivity index (χ0n) is 9.03. The Morgan fingerprint density at radius 3 is 2.81 bits per heavy atom. The molecule has 0 aliphatic carbocycles. The zero-order valence-corrected chi connectivity index (χ0v) is 10.7. The van der Waals surface area contributed by atoms with Crippen molar-refractivity contribution < 1.29 is 9.59 Å². The highest BCUT2D eigenvalue weighted by molar-refractivity contribution is 7.99. The Balaban J connectivity index is 0.00000225. The minimum atomic E-state index is -0.387. The molecule has 1 aliphatic rings. The summed E-state index contributed by atoms with van der Waals surface area (Å²) in [5, 5.41) is 5.95. The first kappa shape index (κ1) is 15.5. The number of halogens is 1. The van der Waals surface area contributed by atoms with Crippen LogP contribution in [0.5, 0.6) is 0 Å². The van der Waals surface area contributed by atoms with E-state index in [4.69, 9.17) is 5.73 Å². The molecule has 1 unspecified atom stereocenters. The molecule has 0 radical (unpaired) electrons. The molecule has 0 saturated carbocycles. The van der Waals surface area contributed by atoms with Crippen molar-refractivity contribution in [3.8, 4) is 0 Å². The van der Waals surface area contributed by atoms with Gasteiger partial charge in [0, 0.05) is 43.5 Å². The van der Waals surface area contributed by atoms with Crippen LogP contribution in [0.2, 0.25) is 0 Å². The largest absolute Gasteiger partial charge is 0.370 e. The van der Waals surface area contributed by atoms with E-state index in [1.807, 2.05) is 11.8 Å². The quantitative estimate of drug-likeness (QED) is 0.627. The zero-order chi connectivity index (χ0) is 11.1. The van der Waals surface area contributed by atoms with Crippen LogP contribution in [0, 0.1) is 0 Å². The van der Waals surface area contributed by atoms with E-state index in [1.165, 1.54) is 0 Å². The second-order valence-electron chi connectivity index (χ2n) is 3.50. The topological polar surface area (TPSA) is 84.2 Å². The van der Waals surface area contributed by atoms with Crippen molar-refractivity contribution in [2.45, 2.75) is 18.9 Å². The molecule has 0 bridgehead atoms. The number of nitrogens with one attached hydrogen (secondary N) is 2. The number of hydrogen-bond donors (Lipinski definition) is 3. The van der Waals surface area contributed by atoms with Crippen molar-refractivity contribution in [2.24, 2.45) is 5.73 Å². The van der Waals surface area contributed by atoms with Crippen LogP contribution in [-0.2, 0) is 9.59 Å². The van der Waals surface area contributed by atoms with E-state index >= 15 is 0 Å². The van der Waals surface area contributed by atoms with Gasteiger partial charge in [0.05, 0.1) is 0 Å². The standard InChI is InChI=1S/C9H17N3O2S.ClH/c10-8(13)1-2-12-9(14)5-7-6-15-4-3-11-7;/h7,11H,1-6H2,(H2,10,13)(H,12,14);1H. The molecule has 0 aromatic heterocycles. The molecule has 94 valence electrons. The van der Waals surface area contributed by atoms with E-state index in [2.05, 4.69) is 10.6 Å². The highest BCUT2D eigenvalue weighted by atomic mass is 35.5. The molecule has 0 aromatic rings. The Morgan fingerprint density at radius 2 is 2.25 bits per heavy atom. The SMILES string of the molecule is Cl.NC(=O)CCNC(=O)CC1CSCCN1. The average Bonchev–Trinajstić information content (AvgIpc) is 2.18. The number of carbonyl (C=O) groups is 2. The third-order valence-electron chi connectivity index (χ3n) is 2.12. The molecule has 0 aromatic carbocycles. The molecular formula is C9H18ClN3O2S. The molecule has 1 aliphatic heterocycles. The van der Waals surface area contributed by atoms with Crippen molar-refractivity contribution in [3.63, 3.8) is 0 Å². The lowest BCUT2D eigenvalue weighted by atomic mass is 10.2. The lowest BCUT2D eigenvalue weighted by Crippen LogP contribution is -2.41. The molecule has 7 heteroatoms. The van der Waals surface area contributed by atoms with E-state index < -0.39 is 0 Å². The molecular weight excluding hydrogens is 250 g/mol. The average molecular weight is 268 g/mol. The van der Waals surface area contributed by atoms with Gasteiger partial charge in [-0.15, -0.1) is 12.4 Å². The summed E-state index contributed by atoms with van der Waals surface area (Å²) < 4.78 is 0. The van der Waals surface area contributed by atoms with Crippen LogP contribution in [0.15, 0.2) is 0 Å². The van der Waals surface area contributed by atoms with Gasteiger partial charge in [-0.25, -0.2) is 0 Å². The summed E-state index contributed by atoms with van der Waals surface area (Å²) in [6, 6.07) is 0.261. The third kappa shape index (κ3) is 6.92. The minimum Gasteiger partial charge on any atom is -0.370 e. The predicted octanol–water partition coefficient (Wildman–Crippen LogP) is -0.505. The van der Waals surface area contributed by atoms with Gasteiger partial charge < -0.3 is 16.4 Å². The van der Waals surface area contributed by atoms with Crippen LogP contribution in [-0.4, -0.2) is 42.5 Å². The summed E-state index contributed by atoms with van der Waals surface area (Å²) in [5.74, 6) is 1.68. The van der Waals surface area contributed by atoms with Crippen LogP contribution in [0.3, 0.4) is 0 Å². The van der Waals surface area contributed by atoms with Gasteiger partial charge >= 0.3 is 0 Å². The number of thioether (sulfide) groups is 1. The first-order valence-corrected chi connectivity index (χ1v) is 6.20. The number of nitrogens with two attached hydrogens (primary N) is 1. The summed E-state index contributed by atoms with van der Waals surface area (Å²) in [6.07, 6.45) is 0.685. The molecule has 16 heavy (non-hydrogen) atoms. The second-order valence-corrected chi connectivity index (χ2v) is 4.65. The van der Waals surface area contributed by atoms with Crippen LogP contribution >= 0.6 is 24.2 Å². The Kier molecular flexibility index (Phi) is 8.42. The third-order valence-corrected chi connectivity index (χ3v) is 3.25. The maximum Gasteiger partial charge on any atom is 0.221 e. The normalized spacial score (nSPS) is 19.6. The summed E-state index contributed by atoms with van der Waals surface area (Å²) in [5.41, 5.74) is 4.96. The molecule has 0 spiro atoms. The fourth-order valence-corrected chi connectivity index (χ4v) is 2.32. The molecule has 1 saturated heterocycles. The maximum absolute atomic E-state index is 11.4. The highest BCUT2D eigenvalue weighted by Crippen LogP contribution is 2.09. The Labute approximate surface area is 106 Å². The van der Waals surface area contributed by atoms with Crippen LogP contribution < -0.4 is 16.4 Å². The molecule has 1 fully saturated rings. The van der Waals surface area contributed by atoms with Crippen LogP contribution in [0.25, 0.3) is 0 Å². The number of hydrogen-bond acceptors (Lipinski definition) is 4. The summed E-state index contributed by atoms with van der Waals surface area (Å²) in [7, 11) is 0. The number of primary amides is 1. The molecule has 5 nitrogen and oxygen atoms in total. The van der Waals surface area contributed by atoms with Gasteiger partial charge in [-0.3, -0.25) is 9.59 Å². The van der Waals surface area contributed by atoms with E-state index in [9.17, 15) is 9.59 Å². The first-order chi connectivity index (χ1) is 7.18. The highest BCUT2D eigenvalue weighted by Gasteiger charge is 2.16. The first-order valence-electron chi connectivity index (χ1n) is 5.04. The van der Waals surface area contributed by atoms with E-state index in [1.54, 1.807) is 0 Å². The van der Waals surface area contributed by atoms with E-state index in [0.29, 0.717) is 13.0 Å². The minimum absolute atomic E-state index is 0. The molecule has 1 rings (SSSR count). The van der Waals surface area contributed by atoms with Gasteiger partial charge in [0.2, 0.25) is 11.8 Å². The molecule has 4 N–H and O–H groups in total. The van der Waals surface area contributed by atoms with Crippen molar-refractivity contribution in [1.82, 2.24) is 10.6 Å². The summed E-state index contributed by atoms with van der Waals surface area (Å²) in [4.78, 5) is 21.8. The maximum atomic E-state index is 11.4. The van der Waals surface area contributed by atoms with Crippen LogP contribution in [0.4, 0.5) is 0 Å². The summed E-state index contributed by atoms with van der Waals surface area (Å²) in [6.45, 7) is 1.30. The Hall–Kier alpha value is -0.460. The van der Waals surface area contributed by atoms with E-state index in [0.717, 1.165) is 18.1 Å². The lowest BCUT2D eigenvalue weighted by Gasteiger charge is -2.22. The van der Waals surface area contributed by atoms with Gasteiger partial charge in [0.15, 0.2) is 0 Å². The van der Waals surface area contributed by atoms with Crippen molar-refractivity contribution in [2.75, 3.05) is 24.6 Å². The number of carbonyl (C=O) groups excluding carboxylic acids is 2. The fourth-order valence-electron chi connectivity index (χ4n) is 1.37. The lowest BCUT2D eigenvalue weighted by molar-refractivity contribution is -0.121. The van der Waals surface area contributed by atoms with Crippen molar-refractivity contribution in [3.05, 3.63) is 0 Å². The summed E-state index contributed by atoms with van der Waals surface area (Å²) >= 11 is 1.86. The Morgan fingerprint density at radius 1 is 1.50 bits per heavy atom. The van der Waals surface area contributed by atoms with E-state index in [-0.39, 0.29) is 36.7 Å². The van der Waals surface area contributed by atoms with Gasteiger partial charge in [0.25, 0.3) is 0 Å². The van der Waals surface area contributed by atoms with Crippen molar-refractivity contribution >= 4 is 36.0 Å². The monoisotopic (exact) mass is 267 g/mol. The molecule has 1 heterocycles. The van der Waals surface area contributed by atoms with Gasteiger partial charge in [-0.2, -0.15) is 11.8 Å². The fraction of sp³-hybridized carbons (Fsp3) is 0.778. The predicted molar refractivity (Wildman–Crippen MR) is 67.8 cm³/mol. The molecule has 2 amide bonds. The molecule has 1 atom stereocenters. The Bertz CT molecular complexity index is 235.